The fourth-order valence-corrected chi connectivity index (χ4v) is 2.80. The van der Waals surface area contributed by atoms with Crippen molar-refractivity contribution >= 4 is 23.4 Å². The molecule has 5 heteroatoms. The summed E-state index contributed by atoms with van der Waals surface area (Å²) in [6.45, 7) is 10.3. The van der Waals surface area contributed by atoms with E-state index < -0.39 is 12.6 Å². The summed E-state index contributed by atoms with van der Waals surface area (Å²) in [5.74, 6) is -0.0521. The molecule has 2 N–H and O–H groups in total. The number of aliphatic hydroxyl groups excluding tert-OH is 1. The minimum Gasteiger partial charge on any atom is -0.468 e. The van der Waals surface area contributed by atoms with Crippen LogP contribution >= 0.6 is 0 Å². The predicted molar refractivity (Wildman–Crippen MR) is 123 cm³/mol. The van der Waals surface area contributed by atoms with Crippen LogP contribution in [0.5, 0.6) is 0 Å². The van der Waals surface area contributed by atoms with E-state index >= 15 is 0 Å². The van der Waals surface area contributed by atoms with E-state index in [-0.39, 0.29) is 0 Å². The first-order valence-electron chi connectivity index (χ1n) is 9.57. The number of halogens is 1. The van der Waals surface area contributed by atoms with Crippen LogP contribution in [0.15, 0.2) is 85.1 Å². The average Bonchev–Trinajstić information content (AvgIpc) is 2.97. The molecule has 0 fully saturated rings. The molecule has 1 heterocycles. The Bertz CT molecular complexity index is 1070. The van der Waals surface area contributed by atoms with Gasteiger partial charge in [0.25, 0.3) is 0 Å². The zero-order valence-corrected chi connectivity index (χ0v) is 17.4. The summed E-state index contributed by atoms with van der Waals surface area (Å²) in [7, 11) is 0. The zero-order valence-electron chi connectivity index (χ0n) is 17.4. The van der Waals surface area contributed by atoms with Crippen LogP contribution in [0.4, 0.5) is 10.1 Å². The van der Waals surface area contributed by atoms with Gasteiger partial charge in [-0.15, -0.1) is 0 Å². The van der Waals surface area contributed by atoms with Gasteiger partial charge >= 0.3 is 0 Å². The zero-order chi connectivity index (χ0) is 21.9. The number of nitrogens with one attached hydrogen (secondary N) is 1. The van der Waals surface area contributed by atoms with Gasteiger partial charge in [-0.2, -0.15) is 0 Å². The third kappa shape index (κ3) is 6.57. The molecule has 0 saturated carbocycles. The van der Waals surface area contributed by atoms with E-state index in [2.05, 4.69) is 30.6 Å². The Labute approximate surface area is 176 Å². The summed E-state index contributed by atoms with van der Waals surface area (Å²) in [6, 6.07) is 1.93. The number of aliphatic hydroxyl groups is 1. The summed E-state index contributed by atoms with van der Waals surface area (Å²) >= 11 is 0. The molecule has 0 amide bonds. The number of hydrogen-bond donors (Lipinski definition) is 2. The second-order valence-electron chi connectivity index (χ2n) is 6.43. The fraction of sp³-hybridized carbons (Fsp3) is 0.160. The molecule has 0 unspecified atom stereocenters. The van der Waals surface area contributed by atoms with Crippen molar-refractivity contribution in [2.75, 3.05) is 12.1 Å². The smallest absolute Gasteiger partial charge is 0.186 e. The number of ether oxygens (including phenoxy) is 1. The number of allylic oxidation sites excluding steroid dienone is 11. The quantitative estimate of drug-likeness (QED) is 0.363. The van der Waals surface area contributed by atoms with Crippen LogP contribution in [0.1, 0.15) is 26.0 Å². The molecule has 0 saturated heterocycles. The summed E-state index contributed by atoms with van der Waals surface area (Å²) in [5, 5.41) is 14.1. The Morgan fingerprint density at radius 1 is 1.37 bits per heavy atom. The first kappa shape index (κ1) is 22.8. The molecule has 156 valence electrons. The fourth-order valence-electron chi connectivity index (χ4n) is 2.80. The van der Waals surface area contributed by atoms with Gasteiger partial charge in [0, 0.05) is 16.6 Å². The van der Waals surface area contributed by atoms with Gasteiger partial charge in [-0.25, -0.2) is 9.37 Å². The molecule has 0 aromatic carbocycles. The Kier molecular flexibility index (Phi) is 8.78. The number of fused-ring (bicyclic) bond motifs is 1. The lowest BCUT2D eigenvalue weighted by Gasteiger charge is -2.11. The van der Waals surface area contributed by atoms with E-state index in [0.717, 1.165) is 39.6 Å². The highest BCUT2D eigenvalue weighted by Crippen LogP contribution is 2.17. The normalized spacial score (nSPS) is 14.5. The molecule has 30 heavy (non-hydrogen) atoms. The van der Waals surface area contributed by atoms with Crippen molar-refractivity contribution in [1.29, 1.82) is 0 Å². The van der Waals surface area contributed by atoms with Gasteiger partial charge in [0.15, 0.2) is 6.79 Å². The minimum atomic E-state index is -0.514. The Hall–Kier alpha value is -3.44. The van der Waals surface area contributed by atoms with Gasteiger partial charge in [0.1, 0.15) is 11.6 Å². The van der Waals surface area contributed by atoms with Crippen LogP contribution in [-0.4, -0.2) is 16.9 Å². The standard InChI is InChI=1S/C25H27FN2O2/c1-5-20(14-12-18(3)26)24-16-25(22-10-8-7-9-11-23(22)28-24)27-19(4)13-15-21(6-2)30-17-29/h5-8,10-16,27,29H,2-3,9,17H2,1,4H3/b14-12-,19-13+,20-5+,21-15+. The van der Waals surface area contributed by atoms with E-state index in [1.165, 1.54) is 12.2 Å². The minimum absolute atomic E-state index is 0.415. The number of hydrogen-bond acceptors (Lipinski definition) is 4. The average molecular weight is 407 g/mol. The van der Waals surface area contributed by atoms with Crippen molar-refractivity contribution in [3.63, 3.8) is 0 Å². The molecule has 2 rings (SSSR count). The number of pyridine rings is 1. The third-order valence-corrected chi connectivity index (χ3v) is 4.25. The summed E-state index contributed by atoms with van der Waals surface area (Å²) in [4.78, 5) is 4.77. The number of rotatable bonds is 9. The van der Waals surface area contributed by atoms with Gasteiger partial charge in [-0.3, -0.25) is 0 Å². The highest BCUT2D eigenvalue weighted by atomic mass is 19.1. The lowest BCUT2D eigenvalue weighted by Crippen LogP contribution is -2.31. The number of aromatic nitrogens is 1. The first-order valence-corrected chi connectivity index (χ1v) is 9.57. The first-order chi connectivity index (χ1) is 14.5. The second kappa shape index (κ2) is 11.5. The SMILES string of the molecule is C=C/C(=C\C=C(/C)Nc1cc(C(/C=C\C(=C)F)=C/C)nc2c1=CC=CCC=2)OCO. The molecule has 1 aromatic heterocycles. The van der Waals surface area contributed by atoms with E-state index in [1.807, 2.05) is 44.2 Å². The Morgan fingerprint density at radius 3 is 2.83 bits per heavy atom. The topological polar surface area (TPSA) is 54.4 Å². The van der Waals surface area contributed by atoms with Gasteiger partial charge in [-0.1, -0.05) is 49.6 Å². The van der Waals surface area contributed by atoms with Gasteiger partial charge in [-0.05, 0) is 56.2 Å². The molecule has 1 aliphatic carbocycles. The molecule has 1 aromatic rings. The molecule has 4 nitrogen and oxygen atoms in total. The summed E-state index contributed by atoms with van der Waals surface area (Å²) in [5.41, 5.74) is 3.24. The second-order valence-corrected chi connectivity index (χ2v) is 6.43. The van der Waals surface area contributed by atoms with E-state index in [9.17, 15) is 4.39 Å². The van der Waals surface area contributed by atoms with Gasteiger partial charge < -0.3 is 15.2 Å². The van der Waals surface area contributed by atoms with Crippen LogP contribution in [0.2, 0.25) is 0 Å². The predicted octanol–water partition coefficient (Wildman–Crippen LogP) is 4.40. The molecule has 0 bridgehead atoms. The van der Waals surface area contributed by atoms with Crippen molar-refractivity contribution in [3.05, 3.63) is 101 Å². The molecular formula is C25H27FN2O2. The van der Waals surface area contributed by atoms with Crippen molar-refractivity contribution in [3.8, 4) is 0 Å². The van der Waals surface area contributed by atoms with Gasteiger partial charge in [0.2, 0.25) is 0 Å². The van der Waals surface area contributed by atoms with Crippen LogP contribution in [0, 0.1) is 0 Å². The largest absolute Gasteiger partial charge is 0.468 e. The lowest BCUT2D eigenvalue weighted by atomic mass is 10.1. The molecule has 0 atom stereocenters. The maximum absolute atomic E-state index is 13.1. The van der Waals surface area contributed by atoms with Crippen molar-refractivity contribution < 1.29 is 14.2 Å². The third-order valence-electron chi connectivity index (χ3n) is 4.25. The summed E-state index contributed by atoms with van der Waals surface area (Å²) < 4.78 is 18.2. The van der Waals surface area contributed by atoms with E-state index in [0.29, 0.717) is 5.76 Å². The Balaban J connectivity index is 2.53. The van der Waals surface area contributed by atoms with Crippen molar-refractivity contribution in [2.45, 2.75) is 20.3 Å². The Morgan fingerprint density at radius 2 is 2.17 bits per heavy atom. The van der Waals surface area contributed by atoms with Crippen LogP contribution in [0.25, 0.3) is 17.7 Å². The van der Waals surface area contributed by atoms with Crippen LogP contribution in [-0.2, 0) is 4.74 Å². The number of nitrogens with zero attached hydrogens (tertiary/aromatic N) is 1. The van der Waals surface area contributed by atoms with E-state index in [4.69, 9.17) is 14.8 Å². The maximum Gasteiger partial charge on any atom is 0.186 e. The van der Waals surface area contributed by atoms with Crippen molar-refractivity contribution in [1.82, 2.24) is 4.98 Å². The van der Waals surface area contributed by atoms with Crippen LogP contribution < -0.4 is 15.9 Å². The molecule has 1 aliphatic rings. The van der Waals surface area contributed by atoms with Gasteiger partial charge in [0.05, 0.1) is 11.0 Å². The molecule has 0 radical (unpaired) electrons. The number of anilines is 1. The highest BCUT2D eigenvalue weighted by Gasteiger charge is 2.07. The molecule has 0 aliphatic heterocycles. The maximum atomic E-state index is 13.1. The summed E-state index contributed by atoms with van der Waals surface area (Å²) in [6.07, 6.45) is 18.8. The lowest BCUT2D eigenvalue weighted by molar-refractivity contribution is 0.0480. The monoisotopic (exact) mass is 406 g/mol. The highest BCUT2D eigenvalue weighted by molar-refractivity contribution is 5.74. The molecular weight excluding hydrogens is 379 g/mol. The molecule has 0 spiro atoms. The van der Waals surface area contributed by atoms with Crippen molar-refractivity contribution in [2.24, 2.45) is 0 Å². The van der Waals surface area contributed by atoms with Crippen LogP contribution in [0.3, 0.4) is 0 Å². The van der Waals surface area contributed by atoms with E-state index in [1.54, 1.807) is 12.2 Å².